The van der Waals surface area contributed by atoms with Gasteiger partial charge in [-0.1, -0.05) is 170 Å². The van der Waals surface area contributed by atoms with Crippen LogP contribution in [0.1, 0.15) is 22.3 Å². The highest BCUT2D eigenvalue weighted by atomic mass is 15.0. The Hall–Kier alpha value is -7.94. The average molecular weight is 775 g/mol. The van der Waals surface area contributed by atoms with Gasteiger partial charge < -0.3 is 9.13 Å². The van der Waals surface area contributed by atoms with Gasteiger partial charge in [0.05, 0.1) is 33.2 Å². The van der Waals surface area contributed by atoms with Crippen LogP contribution < -0.4 is 0 Å². The number of fused-ring (bicyclic) bond motifs is 10. The van der Waals surface area contributed by atoms with Gasteiger partial charge in [0.25, 0.3) is 0 Å². The lowest BCUT2D eigenvalue weighted by Crippen LogP contribution is -2.28. The molecule has 0 aliphatic heterocycles. The van der Waals surface area contributed by atoms with Crippen LogP contribution >= 0.6 is 0 Å². The maximum atomic E-state index is 2.51. The van der Waals surface area contributed by atoms with Gasteiger partial charge in [0.1, 0.15) is 0 Å². The third-order valence-electron chi connectivity index (χ3n) is 13.4. The van der Waals surface area contributed by atoms with Gasteiger partial charge in [-0.25, -0.2) is 0 Å². The molecule has 0 bridgehead atoms. The Bertz CT molecular complexity index is 3640. The Morgan fingerprint density at radius 2 is 0.836 bits per heavy atom. The zero-order chi connectivity index (χ0) is 40.1. The molecule has 2 heteroatoms. The van der Waals surface area contributed by atoms with Crippen LogP contribution in [0, 0.1) is 0 Å². The van der Waals surface area contributed by atoms with E-state index in [0.29, 0.717) is 0 Å². The highest BCUT2D eigenvalue weighted by Crippen LogP contribution is 2.57. The van der Waals surface area contributed by atoms with Crippen molar-refractivity contribution in [2.24, 2.45) is 0 Å². The van der Waals surface area contributed by atoms with Crippen molar-refractivity contribution in [1.82, 2.24) is 9.13 Å². The molecule has 0 amide bonds. The van der Waals surface area contributed by atoms with Gasteiger partial charge in [0.2, 0.25) is 0 Å². The van der Waals surface area contributed by atoms with Crippen LogP contribution in [-0.4, -0.2) is 9.13 Å². The monoisotopic (exact) mass is 774 g/mol. The first-order chi connectivity index (χ1) is 30.3. The van der Waals surface area contributed by atoms with E-state index in [0.717, 1.165) is 5.69 Å². The molecule has 1 aliphatic carbocycles. The van der Waals surface area contributed by atoms with Gasteiger partial charge in [-0.05, 0) is 111 Å². The summed E-state index contributed by atoms with van der Waals surface area (Å²) in [6.07, 6.45) is 0. The number of nitrogens with zero attached hydrogens (tertiary/aromatic N) is 2. The maximum absolute atomic E-state index is 2.51. The van der Waals surface area contributed by atoms with E-state index in [1.165, 1.54) is 105 Å². The molecule has 0 unspecified atom stereocenters. The zero-order valence-corrected chi connectivity index (χ0v) is 33.3. The van der Waals surface area contributed by atoms with Gasteiger partial charge in [0, 0.05) is 32.6 Å². The molecule has 0 N–H and O–H groups in total. The predicted octanol–water partition coefficient (Wildman–Crippen LogP) is 15.1. The number of rotatable bonds is 5. The molecular formula is C59H38N2. The van der Waals surface area contributed by atoms with E-state index in [2.05, 4.69) is 240 Å². The standard InChI is InChI=1S/C59H38N2/c1-4-19-42(20-5-1)59(43-21-6-2-7-22-43)52-28-14-12-26-46(52)48-37-51-50-36-41(31-33-56(50)60(58(51)38-53(48)59)44-23-8-3-9-24-44)40-32-34-57-49(35-40)47-27-13-15-29-55(47)61(57)54-30-16-18-39-17-10-11-25-45(39)54/h1-38H. The summed E-state index contributed by atoms with van der Waals surface area (Å²) < 4.78 is 4.91. The summed E-state index contributed by atoms with van der Waals surface area (Å²) in [5.74, 6) is 0. The second-order valence-corrected chi connectivity index (χ2v) is 16.4. The number of hydrogen-bond donors (Lipinski definition) is 0. The second-order valence-electron chi connectivity index (χ2n) is 16.4. The smallest absolute Gasteiger partial charge is 0.0714 e. The third kappa shape index (κ3) is 4.79. The second kappa shape index (κ2) is 13.0. The van der Waals surface area contributed by atoms with Gasteiger partial charge in [-0.15, -0.1) is 0 Å². The fourth-order valence-corrected chi connectivity index (χ4v) is 10.8. The van der Waals surface area contributed by atoms with Crippen LogP contribution in [0.15, 0.2) is 231 Å². The van der Waals surface area contributed by atoms with Crippen molar-refractivity contribution in [3.63, 3.8) is 0 Å². The van der Waals surface area contributed by atoms with E-state index < -0.39 is 5.41 Å². The lowest BCUT2D eigenvalue weighted by molar-refractivity contribution is 0.769. The molecule has 0 atom stereocenters. The number of aromatic nitrogens is 2. The summed E-state index contributed by atoms with van der Waals surface area (Å²) in [7, 11) is 0. The third-order valence-corrected chi connectivity index (χ3v) is 13.4. The minimum Gasteiger partial charge on any atom is -0.309 e. The van der Waals surface area contributed by atoms with E-state index in [-0.39, 0.29) is 0 Å². The Morgan fingerprint density at radius 3 is 1.57 bits per heavy atom. The molecule has 1 aliphatic rings. The molecule has 2 aromatic heterocycles. The minimum atomic E-state index is -0.480. The molecule has 0 radical (unpaired) electrons. The van der Waals surface area contributed by atoms with E-state index in [9.17, 15) is 0 Å². The summed E-state index contributed by atoms with van der Waals surface area (Å²) in [4.78, 5) is 0. The summed E-state index contributed by atoms with van der Waals surface area (Å²) in [6.45, 7) is 0. The van der Waals surface area contributed by atoms with Crippen molar-refractivity contribution in [1.29, 1.82) is 0 Å². The fourth-order valence-electron chi connectivity index (χ4n) is 10.8. The van der Waals surface area contributed by atoms with Gasteiger partial charge in [-0.2, -0.15) is 0 Å². The fraction of sp³-hybridized carbons (Fsp3) is 0.0169. The Kier molecular flexibility index (Phi) is 7.26. The Balaban J connectivity index is 1.07. The lowest BCUT2D eigenvalue weighted by Gasteiger charge is -2.34. The molecule has 2 heterocycles. The van der Waals surface area contributed by atoms with Crippen LogP contribution in [0.4, 0.5) is 0 Å². The normalized spacial score (nSPS) is 13.0. The molecule has 12 aromatic rings. The summed E-state index contributed by atoms with van der Waals surface area (Å²) in [5.41, 5.74) is 16.8. The number of para-hydroxylation sites is 2. The van der Waals surface area contributed by atoms with Gasteiger partial charge in [-0.3, -0.25) is 0 Å². The highest BCUT2D eigenvalue weighted by Gasteiger charge is 2.46. The predicted molar refractivity (Wildman–Crippen MR) is 255 cm³/mol. The Morgan fingerprint density at radius 1 is 0.295 bits per heavy atom. The lowest BCUT2D eigenvalue weighted by atomic mass is 9.67. The summed E-state index contributed by atoms with van der Waals surface area (Å²) >= 11 is 0. The number of benzene rings is 10. The molecule has 0 saturated heterocycles. The van der Waals surface area contributed by atoms with Crippen LogP contribution in [0.3, 0.4) is 0 Å². The first-order valence-electron chi connectivity index (χ1n) is 21.2. The van der Waals surface area contributed by atoms with Crippen LogP contribution in [0.25, 0.3) is 88.0 Å². The van der Waals surface area contributed by atoms with Crippen LogP contribution in [-0.2, 0) is 5.41 Å². The van der Waals surface area contributed by atoms with Crippen molar-refractivity contribution in [3.05, 3.63) is 253 Å². The molecular weight excluding hydrogens is 737 g/mol. The molecule has 2 nitrogen and oxygen atoms in total. The van der Waals surface area contributed by atoms with Crippen molar-refractivity contribution in [2.75, 3.05) is 0 Å². The quantitative estimate of drug-likeness (QED) is 0.165. The average Bonchev–Trinajstić information content (AvgIpc) is 3.94. The van der Waals surface area contributed by atoms with Gasteiger partial charge in [0.15, 0.2) is 0 Å². The number of hydrogen-bond acceptors (Lipinski definition) is 0. The zero-order valence-electron chi connectivity index (χ0n) is 33.3. The molecule has 10 aromatic carbocycles. The highest BCUT2D eigenvalue weighted by molar-refractivity contribution is 6.15. The van der Waals surface area contributed by atoms with Crippen molar-refractivity contribution in [3.8, 4) is 33.6 Å². The Labute approximate surface area is 353 Å². The first kappa shape index (κ1) is 34.0. The van der Waals surface area contributed by atoms with E-state index in [4.69, 9.17) is 0 Å². The maximum Gasteiger partial charge on any atom is 0.0714 e. The molecule has 0 spiro atoms. The molecule has 61 heavy (non-hydrogen) atoms. The minimum absolute atomic E-state index is 0.480. The molecule has 284 valence electrons. The van der Waals surface area contributed by atoms with Crippen molar-refractivity contribution < 1.29 is 0 Å². The molecule has 13 rings (SSSR count). The van der Waals surface area contributed by atoms with E-state index in [1.54, 1.807) is 0 Å². The van der Waals surface area contributed by atoms with E-state index >= 15 is 0 Å². The van der Waals surface area contributed by atoms with Crippen molar-refractivity contribution in [2.45, 2.75) is 5.41 Å². The van der Waals surface area contributed by atoms with E-state index in [1.807, 2.05) is 0 Å². The SMILES string of the molecule is c1ccc(-n2c3ccc(-c4ccc5c(c4)c4ccccc4n5-c4cccc5ccccc45)cc3c3cc4c(cc32)C(c2ccccc2)(c2ccccc2)c2ccccc2-4)cc1. The molecule has 0 fully saturated rings. The first-order valence-corrected chi connectivity index (χ1v) is 21.2. The van der Waals surface area contributed by atoms with Crippen LogP contribution in [0.5, 0.6) is 0 Å². The summed E-state index contributed by atoms with van der Waals surface area (Å²) in [6, 6.07) is 85.3. The topological polar surface area (TPSA) is 9.86 Å². The van der Waals surface area contributed by atoms with Gasteiger partial charge >= 0.3 is 0 Å². The van der Waals surface area contributed by atoms with Crippen LogP contribution in [0.2, 0.25) is 0 Å². The largest absolute Gasteiger partial charge is 0.309 e. The summed E-state index contributed by atoms with van der Waals surface area (Å²) in [5, 5.41) is 7.48. The van der Waals surface area contributed by atoms with Crippen molar-refractivity contribution >= 4 is 54.4 Å². The molecule has 0 saturated carbocycles.